The van der Waals surface area contributed by atoms with Crippen molar-refractivity contribution in [2.45, 2.75) is 239 Å². The lowest BCUT2D eigenvalue weighted by molar-refractivity contribution is -0.192. The molecule has 0 aliphatic carbocycles. The number of guanidine groups is 1. The van der Waals surface area contributed by atoms with Crippen molar-refractivity contribution in [3.63, 3.8) is 0 Å². The number of cyclic esters (lactones) is 1. The first-order chi connectivity index (χ1) is 48.4. The van der Waals surface area contributed by atoms with Crippen molar-refractivity contribution in [2.24, 2.45) is 51.3 Å². The molecule has 1 aromatic carbocycles. The first-order valence-corrected chi connectivity index (χ1v) is 33.9. The highest BCUT2D eigenvalue weighted by atomic mass is 19.4. The first-order valence-electron chi connectivity index (χ1n) is 33.9. The lowest BCUT2D eigenvalue weighted by Crippen LogP contribution is -2.64. The second-order valence-corrected chi connectivity index (χ2v) is 28.6. The maximum Gasteiger partial charge on any atom is 0.490 e. The van der Waals surface area contributed by atoms with Crippen molar-refractivity contribution < 1.29 is 115 Å². The zero-order valence-corrected chi connectivity index (χ0v) is 61.7. The van der Waals surface area contributed by atoms with Gasteiger partial charge in [0.15, 0.2) is 24.2 Å². The number of amides is 12. The summed E-state index contributed by atoms with van der Waals surface area (Å²) in [6, 6.07) is -11.5. The Hall–Kier alpha value is -9.50. The number of ether oxygens (including phenoxy) is 2. The van der Waals surface area contributed by atoms with Gasteiger partial charge in [0.1, 0.15) is 60.0 Å². The molecule has 0 saturated carbocycles. The van der Waals surface area contributed by atoms with Crippen molar-refractivity contribution in [3.05, 3.63) is 35.9 Å². The van der Waals surface area contributed by atoms with Gasteiger partial charge in [-0.1, -0.05) is 113 Å². The Labute approximate surface area is 606 Å². The van der Waals surface area contributed by atoms with E-state index in [1.54, 1.807) is 83.1 Å². The summed E-state index contributed by atoms with van der Waals surface area (Å²) in [6.45, 7) is 21.6. The number of carboxylic acids is 1. The minimum absolute atomic E-state index is 0.0298. The second kappa shape index (κ2) is 43.1. The molecule has 0 bridgehead atoms. The number of nitrogens with zero attached hydrogens (tertiary/aromatic N) is 1. The largest absolute Gasteiger partial charge is 0.490 e. The average Bonchev–Trinajstić information content (AvgIpc) is 0.802. The Morgan fingerprint density at radius 2 is 1.18 bits per heavy atom. The van der Waals surface area contributed by atoms with E-state index in [2.05, 4.69) is 52.8 Å². The second-order valence-electron chi connectivity index (χ2n) is 28.6. The molecule has 1 heterocycles. The summed E-state index contributed by atoms with van der Waals surface area (Å²) in [5, 5.41) is 78.2. The number of carboxylic acid groups (broad SMARTS) is 1. The number of carbonyl (C=O) groups excluding carboxylic acids is 13. The summed E-state index contributed by atoms with van der Waals surface area (Å²) in [5.74, 6) is -20.3. The molecule has 105 heavy (non-hydrogen) atoms. The summed E-state index contributed by atoms with van der Waals surface area (Å²) in [5.41, 5.74) is 14.6. The lowest BCUT2D eigenvalue weighted by Gasteiger charge is -2.34. The minimum atomic E-state index is -5.08. The number of nitrogens with one attached hydrogen (secondary N) is 11. The normalized spacial score (nSPS) is 23.0. The van der Waals surface area contributed by atoms with E-state index in [9.17, 15) is 81.5 Å². The van der Waals surface area contributed by atoms with Gasteiger partial charge in [-0.3, -0.25) is 57.7 Å². The highest BCUT2D eigenvalue weighted by Crippen LogP contribution is 2.27. The van der Waals surface area contributed by atoms with E-state index < -0.39 is 216 Å². The third-order valence-corrected chi connectivity index (χ3v) is 15.5. The van der Waals surface area contributed by atoms with Gasteiger partial charge in [-0.15, -0.1) is 0 Å². The Bertz CT molecular complexity index is 3160. The zero-order valence-electron chi connectivity index (χ0n) is 61.7. The Balaban J connectivity index is 0.00000746. The number of halogens is 3. The summed E-state index contributed by atoms with van der Waals surface area (Å²) in [6.07, 6.45) is -14.6. The number of aliphatic hydroxyl groups is 4. The number of hydrogen-bond acceptors (Lipinski definition) is 21. The molecule has 22 N–H and O–H groups in total. The number of alkyl halides is 3. The van der Waals surface area contributed by atoms with Gasteiger partial charge in [-0.25, -0.2) is 14.4 Å². The number of benzene rings is 1. The molecule has 1 fully saturated rings. The van der Waals surface area contributed by atoms with Gasteiger partial charge in [-0.2, -0.15) is 13.2 Å². The SMILES string of the molecule is CC[C@H](C)[C@@H]1NC(=O)[C@@H](CCCN=C(N)N)NC(=O)[C@H](CC(C)C)NC(=O)[C@H]([C@H](O)C(C)C)NC(=O)[C@@H](NC(=O)[C@H](CC(C)(C)C)NC(=O)[C@@H](CC(C)C)NC(=O)OC(C)(C)C)[C@@H](c2ccccc2)OC(=O)[C@H](CO)NC(=O)[C@H]([C@H](O)C(N)=O)NC(=O)CNC(=O)[C@H]([C@H](C)O)NC1=O.O=C(O)C(F)(F)F. The van der Waals surface area contributed by atoms with Crippen LogP contribution in [-0.4, -0.2) is 225 Å². The smallest absolute Gasteiger partial charge is 0.475 e. The molecule has 594 valence electrons. The van der Waals surface area contributed by atoms with Crippen LogP contribution in [0.4, 0.5) is 18.0 Å². The quantitative estimate of drug-likeness (QED) is 0.0227. The number of aliphatic hydroxyl groups excluding tert-OH is 4. The maximum atomic E-state index is 15.6. The van der Waals surface area contributed by atoms with E-state index >= 15 is 14.4 Å². The lowest BCUT2D eigenvalue weighted by atomic mass is 9.87. The number of aliphatic carboxylic acids is 1. The fourth-order valence-electron chi connectivity index (χ4n) is 9.90. The molecule has 0 aromatic heterocycles. The number of nitrogens with two attached hydrogens (primary N) is 3. The third kappa shape index (κ3) is 33.9. The first kappa shape index (κ1) is 93.5. The summed E-state index contributed by atoms with van der Waals surface area (Å²) in [4.78, 5) is 198. The number of primary amides is 1. The van der Waals surface area contributed by atoms with Crippen LogP contribution in [-0.2, 0) is 71.8 Å². The van der Waals surface area contributed by atoms with E-state index in [1.165, 1.54) is 44.2 Å². The molecule has 0 radical (unpaired) electrons. The van der Waals surface area contributed by atoms with Crippen LogP contribution in [0.2, 0.25) is 0 Å². The number of alkyl carbamates (subject to hydrolysis) is 1. The third-order valence-electron chi connectivity index (χ3n) is 15.5. The van der Waals surface area contributed by atoms with Crippen LogP contribution >= 0.6 is 0 Å². The van der Waals surface area contributed by atoms with Crippen molar-refractivity contribution in [1.29, 1.82) is 0 Å². The standard InChI is InChI=1S/C64H107N15O19.C2HF3O2/c1-16-33(8)42-56(91)77-43(34(9)81)55(90)69-28-41(82)75-45(48(84)50(65)85)58(93)73-40(29-80)60(95)97-49(35-21-18-17-19-22-35)46(79-54(89)39(27-63(10,11)12)72-53(88)38(26-31(4)5)74-62(96)98-64(13,14)15)59(94)78-44(47(83)32(6)7)57(92)71-37(25-30(2)3)52(87)70-36(51(86)76-42)23-20-24-68-61(66)67;3-2(4,5)1(6)7/h17-19,21-22,30-34,36-40,42-49,80-81,83-84H,16,20,23-29H2,1-15H3,(H2,65,85)(H,69,90)(H,70,87)(H,71,92)(H,72,88)(H,73,93)(H,74,96)(H,75,82)(H,76,86)(H,77,91)(H,78,94)(H,79,89)(H4,66,67,68);(H,6,7)/t33-,34-,36+,37-,38+,39-,40-,42-,43-,44-,45-,46-,47+,48-,49+;/m0./s1. The van der Waals surface area contributed by atoms with Crippen LogP contribution in [0.3, 0.4) is 0 Å². The highest BCUT2D eigenvalue weighted by Gasteiger charge is 2.45. The van der Waals surface area contributed by atoms with E-state index in [0.29, 0.717) is 0 Å². The molecular formula is C66H108F3N15O21. The fourth-order valence-corrected chi connectivity index (χ4v) is 9.90. The summed E-state index contributed by atoms with van der Waals surface area (Å²) < 4.78 is 43.2. The topological polar surface area (TPSA) is 581 Å². The molecule has 1 aliphatic rings. The van der Waals surface area contributed by atoms with Crippen molar-refractivity contribution >= 4 is 89.0 Å². The van der Waals surface area contributed by atoms with E-state index in [-0.39, 0.29) is 62.5 Å². The van der Waals surface area contributed by atoms with Gasteiger partial charge >= 0.3 is 24.2 Å². The van der Waals surface area contributed by atoms with Gasteiger partial charge in [0.05, 0.1) is 25.4 Å². The Morgan fingerprint density at radius 3 is 1.67 bits per heavy atom. The predicted molar refractivity (Wildman–Crippen MR) is 370 cm³/mol. The predicted octanol–water partition coefficient (Wildman–Crippen LogP) is -2.85. The molecule has 36 nitrogen and oxygen atoms in total. The van der Waals surface area contributed by atoms with Gasteiger partial charge in [0.2, 0.25) is 65.0 Å². The van der Waals surface area contributed by atoms with E-state index in [4.69, 9.17) is 36.6 Å². The van der Waals surface area contributed by atoms with Crippen LogP contribution in [0.25, 0.3) is 0 Å². The molecule has 1 aliphatic heterocycles. The maximum absolute atomic E-state index is 15.6. The van der Waals surface area contributed by atoms with Gasteiger partial charge in [0.25, 0.3) is 0 Å². The molecule has 15 atom stereocenters. The minimum Gasteiger partial charge on any atom is -0.475 e. The number of rotatable bonds is 23. The molecule has 1 aromatic rings. The van der Waals surface area contributed by atoms with Gasteiger partial charge in [-0.05, 0) is 94.4 Å². The number of hydrogen-bond donors (Lipinski definition) is 19. The number of carbonyl (C=O) groups is 14. The fraction of sp³-hybridized carbons (Fsp3) is 0.682. The molecule has 0 spiro atoms. The van der Waals surface area contributed by atoms with Crippen molar-refractivity contribution in [3.8, 4) is 0 Å². The number of esters is 1. The molecular weight excluding hydrogens is 1400 g/mol. The molecule has 12 amide bonds. The van der Waals surface area contributed by atoms with Crippen molar-refractivity contribution in [2.75, 3.05) is 19.7 Å². The Morgan fingerprint density at radius 1 is 0.657 bits per heavy atom. The van der Waals surface area contributed by atoms with Crippen LogP contribution in [0, 0.1) is 29.1 Å². The zero-order chi connectivity index (χ0) is 80.9. The Kier molecular flexibility index (Phi) is 38.4. The van der Waals surface area contributed by atoms with E-state index in [1.807, 2.05) is 10.6 Å². The van der Waals surface area contributed by atoms with Crippen molar-refractivity contribution in [1.82, 2.24) is 58.5 Å². The summed E-state index contributed by atoms with van der Waals surface area (Å²) in [7, 11) is 0. The average molecular weight is 1500 g/mol. The van der Waals surface area contributed by atoms with Crippen LogP contribution in [0.5, 0.6) is 0 Å². The summed E-state index contributed by atoms with van der Waals surface area (Å²) >= 11 is 0. The van der Waals surface area contributed by atoms with Crippen LogP contribution in [0.1, 0.15) is 154 Å². The van der Waals surface area contributed by atoms with Crippen LogP contribution < -0.4 is 75.7 Å². The monoisotopic (exact) mass is 1500 g/mol. The number of aliphatic imine (C=N–C) groups is 1. The molecule has 2 rings (SSSR count). The molecule has 39 heteroatoms. The molecule has 1 saturated heterocycles. The van der Waals surface area contributed by atoms with Gasteiger partial charge < -0.3 is 111 Å². The molecule has 0 unspecified atom stereocenters. The van der Waals surface area contributed by atoms with Crippen LogP contribution in [0.15, 0.2) is 35.3 Å². The van der Waals surface area contributed by atoms with E-state index in [0.717, 1.165) is 6.92 Å². The van der Waals surface area contributed by atoms with Gasteiger partial charge in [0, 0.05) is 6.54 Å². The highest BCUT2D eigenvalue weighted by molar-refractivity contribution is 6.00.